The highest BCUT2D eigenvalue weighted by atomic mass is 16.6. The minimum atomic E-state index is -0.562. The van der Waals surface area contributed by atoms with Crippen molar-refractivity contribution in [2.45, 2.75) is 6.54 Å². The minimum Gasteiger partial charge on any atom is -0.468 e. The molecule has 19 heavy (non-hydrogen) atoms. The van der Waals surface area contributed by atoms with Crippen LogP contribution in [0.25, 0.3) is 10.9 Å². The Bertz CT molecular complexity index is 720. The fourth-order valence-electron chi connectivity index (χ4n) is 1.76. The van der Waals surface area contributed by atoms with E-state index in [0.29, 0.717) is 10.9 Å². The first-order valence-corrected chi connectivity index (χ1v) is 5.38. The average Bonchev–Trinajstić information content (AvgIpc) is 2.41. The Labute approximate surface area is 107 Å². The lowest BCUT2D eigenvalue weighted by molar-refractivity contribution is -0.384. The average molecular weight is 262 g/mol. The standard InChI is InChI=1S/C12H10N2O5/c1-19-12(16)7-13-10-4-3-9(14(17)18)6-8(10)2-5-11(13)15/h2-6H,7H2,1H3. The summed E-state index contributed by atoms with van der Waals surface area (Å²) < 4.78 is 5.73. The number of esters is 1. The molecule has 0 radical (unpaired) electrons. The fourth-order valence-corrected chi connectivity index (χ4v) is 1.76. The molecule has 0 saturated carbocycles. The minimum absolute atomic E-state index is 0.0734. The van der Waals surface area contributed by atoms with Crippen LogP contribution in [0.15, 0.2) is 35.1 Å². The van der Waals surface area contributed by atoms with E-state index < -0.39 is 10.9 Å². The Kier molecular flexibility index (Phi) is 3.28. The zero-order valence-corrected chi connectivity index (χ0v) is 10.0. The van der Waals surface area contributed by atoms with Gasteiger partial charge in [0.15, 0.2) is 0 Å². The second kappa shape index (κ2) is 4.89. The zero-order chi connectivity index (χ0) is 14.0. The van der Waals surface area contributed by atoms with Crippen molar-refractivity contribution >= 4 is 22.6 Å². The molecule has 1 aromatic heterocycles. The van der Waals surface area contributed by atoms with Crippen molar-refractivity contribution in [2.24, 2.45) is 0 Å². The van der Waals surface area contributed by atoms with Crippen LogP contribution in [-0.4, -0.2) is 22.6 Å². The van der Waals surface area contributed by atoms with Gasteiger partial charge in [0.05, 0.1) is 17.5 Å². The van der Waals surface area contributed by atoms with Gasteiger partial charge in [-0.25, -0.2) is 0 Å². The first kappa shape index (κ1) is 12.7. The van der Waals surface area contributed by atoms with Crippen molar-refractivity contribution in [1.29, 1.82) is 0 Å². The highest BCUT2D eigenvalue weighted by Crippen LogP contribution is 2.19. The molecule has 0 fully saturated rings. The lowest BCUT2D eigenvalue weighted by atomic mass is 10.2. The van der Waals surface area contributed by atoms with Crippen molar-refractivity contribution in [2.75, 3.05) is 7.11 Å². The van der Waals surface area contributed by atoms with E-state index in [0.717, 1.165) is 0 Å². The number of nitrogens with zero attached hydrogens (tertiary/aromatic N) is 2. The monoisotopic (exact) mass is 262 g/mol. The number of nitro benzene ring substituents is 1. The molecular formula is C12H10N2O5. The Morgan fingerprint density at radius 2 is 2.11 bits per heavy atom. The highest BCUT2D eigenvalue weighted by molar-refractivity contribution is 5.82. The number of aromatic nitrogens is 1. The van der Waals surface area contributed by atoms with Gasteiger partial charge in [-0.05, 0) is 12.1 Å². The Balaban J connectivity index is 2.63. The molecule has 1 heterocycles. The Hall–Kier alpha value is -2.70. The van der Waals surface area contributed by atoms with Crippen molar-refractivity contribution in [1.82, 2.24) is 4.57 Å². The number of methoxy groups -OCH3 is 1. The largest absolute Gasteiger partial charge is 0.468 e. The molecule has 0 N–H and O–H groups in total. The number of fused-ring (bicyclic) bond motifs is 1. The number of pyridine rings is 1. The summed E-state index contributed by atoms with van der Waals surface area (Å²) in [6.07, 6.45) is 0. The number of ether oxygens (including phenoxy) is 1. The zero-order valence-electron chi connectivity index (χ0n) is 10.0. The van der Waals surface area contributed by atoms with Crippen LogP contribution in [0.1, 0.15) is 0 Å². The van der Waals surface area contributed by atoms with E-state index in [9.17, 15) is 19.7 Å². The molecule has 0 aliphatic carbocycles. The molecule has 0 aliphatic heterocycles. The molecule has 0 unspecified atom stereocenters. The molecule has 2 rings (SSSR count). The summed E-state index contributed by atoms with van der Waals surface area (Å²) >= 11 is 0. The first-order valence-electron chi connectivity index (χ1n) is 5.38. The van der Waals surface area contributed by atoms with Crippen molar-refractivity contribution in [3.05, 3.63) is 50.8 Å². The van der Waals surface area contributed by atoms with Gasteiger partial charge in [0, 0.05) is 23.6 Å². The molecular weight excluding hydrogens is 252 g/mol. The third kappa shape index (κ3) is 2.44. The maximum atomic E-state index is 11.7. The van der Waals surface area contributed by atoms with Crippen molar-refractivity contribution < 1.29 is 14.5 Å². The molecule has 2 aromatic rings. The Morgan fingerprint density at radius 1 is 1.37 bits per heavy atom. The van der Waals surface area contributed by atoms with Crippen LogP contribution in [0.2, 0.25) is 0 Å². The third-order valence-electron chi connectivity index (χ3n) is 2.70. The summed E-state index contributed by atoms with van der Waals surface area (Å²) in [5.41, 5.74) is 0.00557. The SMILES string of the molecule is COC(=O)Cn1c(=O)ccc2cc([N+](=O)[O-])ccc21. The number of carbonyl (C=O) groups excluding carboxylic acids is 1. The normalized spacial score (nSPS) is 10.4. The molecule has 0 aliphatic rings. The highest BCUT2D eigenvalue weighted by Gasteiger charge is 2.11. The van der Waals surface area contributed by atoms with Gasteiger partial charge in [0.25, 0.3) is 11.2 Å². The second-order valence-corrected chi connectivity index (χ2v) is 3.83. The van der Waals surface area contributed by atoms with Crippen LogP contribution >= 0.6 is 0 Å². The first-order chi connectivity index (χ1) is 9.02. The van der Waals surface area contributed by atoms with E-state index >= 15 is 0 Å². The lowest BCUT2D eigenvalue weighted by Gasteiger charge is -2.08. The third-order valence-corrected chi connectivity index (χ3v) is 2.70. The molecule has 0 spiro atoms. The van der Waals surface area contributed by atoms with Gasteiger partial charge in [0.1, 0.15) is 6.54 Å². The smallest absolute Gasteiger partial charge is 0.325 e. The van der Waals surface area contributed by atoms with Gasteiger partial charge in [-0.15, -0.1) is 0 Å². The van der Waals surface area contributed by atoms with Gasteiger partial charge in [-0.1, -0.05) is 0 Å². The number of hydrogen-bond acceptors (Lipinski definition) is 5. The number of rotatable bonds is 3. The van der Waals surface area contributed by atoms with Crippen LogP contribution in [0.4, 0.5) is 5.69 Å². The van der Waals surface area contributed by atoms with E-state index in [1.807, 2.05) is 0 Å². The van der Waals surface area contributed by atoms with Gasteiger partial charge in [0.2, 0.25) is 0 Å². The van der Waals surface area contributed by atoms with E-state index in [1.165, 1.54) is 42.0 Å². The summed E-state index contributed by atoms with van der Waals surface area (Å²) in [7, 11) is 1.23. The molecule has 0 bridgehead atoms. The lowest BCUT2D eigenvalue weighted by Crippen LogP contribution is -2.24. The molecule has 7 nitrogen and oxygen atoms in total. The fraction of sp³-hybridized carbons (Fsp3) is 0.167. The van der Waals surface area contributed by atoms with Crippen LogP contribution in [0.3, 0.4) is 0 Å². The number of benzene rings is 1. The van der Waals surface area contributed by atoms with E-state index in [-0.39, 0.29) is 17.8 Å². The van der Waals surface area contributed by atoms with E-state index in [4.69, 9.17) is 0 Å². The molecule has 0 atom stereocenters. The van der Waals surface area contributed by atoms with Gasteiger partial charge >= 0.3 is 5.97 Å². The predicted octanol–water partition coefficient (Wildman–Crippen LogP) is 1.08. The van der Waals surface area contributed by atoms with Gasteiger partial charge in [-0.3, -0.25) is 24.3 Å². The molecule has 0 saturated heterocycles. The maximum absolute atomic E-state index is 11.7. The summed E-state index contributed by atoms with van der Waals surface area (Å²) in [6.45, 7) is -0.232. The number of carbonyl (C=O) groups is 1. The van der Waals surface area contributed by atoms with Crippen LogP contribution in [0.5, 0.6) is 0 Å². The van der Waals surface area contributed by atoms with Crippen LogP contribution in [0, 0.1) is 10.1 Å². The van der Waals surface area contributed by atoms with Gasteiger partial charge < -0.3 is 4.74 Å². The van der Waals surface area contributed by atoms with Crippen molar-refractivity contribution in [3.63, 3.8) is 0 Å². The summed E-state index contributed by atoms with van der Waals surface area (Å²) in [5.74, 6) is -0.562. The quantitative estimate of drug-likeness (QED) is 0.469. The van der Waals surface area contributed by atoms with Crippen LogP contribution < -0.4 is 5.56 Å². The van der Waals surface area contributed by atoms with Gasteiger partial charge in [-0.2, -0.15) is 0 Å². The summed E-state index contributed by atoms with van der Waals surface area (Å²) in [5, 5.41) is 11.2. The topological polar surface area (TPSA) is 91.4 Å². The second-order valence-electron chi connectivity index (χ2n) is 3.83. The molecule has 7 heteroatoms. The summed E-state index contributed by atoms with van der Waals surface area (Å²) in [4.78, 5) is 33.2. The predicted molar refractivity (Wildman–Crippen MR) is 66.9 cm³/mol. The van der Waals surface area contributed by atoms with E-state index in [1.54, 1.807) is 0 Å². The van der Waals surface area contributed by atoms with Crippen molar-refractivity contribution in [3.8, 4) is 0 Å². The maximum Gasteiger partial charge on any atom is 0.325 e. The van der Waals surface area contributed by atoms with E-state index in [2.05, 4.69) is 4.74 Å². The molecule has 98 valence electrons. The van der Waals surface area contributed by atoms with Crippen LogP contribution in [-0.2, 0) is 16.1 Å². The number of non-ortho nitro benzene ring substituents is 1. The molecule has 0 amide bonds. The Morgan fingerprint density at radius 3 is 2.74 bits per heavy atom. The molecule has 1 aromatic carbocycles. The number of nitro groups is 1. The summed E-state index contributed by atoms with van der Waals surface area (Å²) in [6, 6.07) is 6.82. The number of hydrogen-bond donors (Lipinski definition) is 0.